The fraction of sp³-hybridized carbons (Fsp3) is 0.435. The normalized spacial score (nSPS) is 23.0. The first kappa shape index (κ1) is 19.6. The van der Waals surface area contributed by atoms with Crippen LogP contribution < -0.4 is 0 Å². The van der Waals surface area contributed by atoms with E-state index in [0.717, 1.165) is 32.4 Å². The highest BCUT2D eigenvalue weighted by Crippen LogP contribution is 2.28. The number of ether oxygens (including phenoxy) is 1. The van der Waals surface area contributed by atoms with Crippen LogP contribution in [-0.2, 0) is 22.6 Å². The summed E-state index contributed by atoms with van der Waals surface area (Å²) < 4.78 is 5.62. The standard InChI is InChI=1S/C23H29NO3/c1-18(25)27-23-21(14-8-9-15-22(23)26)24(16-19-10-4-2-5-11-19)17-20-12-6-3-7-13-20/h2-7,10-13,21-23,26H,8-9,14-17H2,1H3/t21-,22-,23+/m1/s1. The molecule has 0 aliphatic heterocycles. The van der Waals surface area contributed by atoms with E-state index < -0.39 is 12.2 Å². The monoisotopic (exact) mass is 367 g/mol. The molecule has 0 unspecified atom stereocenters. The Kier molecular flexibility index (Phi) is 7.02. The van der Waals surface area contributed by atoms with Gasteiger partial charge in [-0.25, -0.2) is 0 Å². The molecule has 0 amide bonds. The molecule has 1 fully saturated rings. The Morgan fingerprint density at radius 2 is 1.48 bits per heavy atom. The molecule has 1 saturated carbocycles. The lowest BCUT2D eigenvalue weighted by Gasteiger charge is -2.37. The minimum atomic E-state index is -0.615. The zero-order valence-corrected chi connectivity index (χ0v) is 16.0. The van der Waals surface area contributed by atoms with Crippen LogP contribution in [0.25, 0.3) is 0 Å². The molecule has 3 atom stereocenters. The molecule has 27 heavy (non-hydrogen) atoms. The van der Waals surface area contributed by atoms with Crippen molar-refractivity contribution in [1.82, 2.24) is 4.90 Å². The molecule has 3 rings (SSSR count). The second-order valence-corrected chi connectivity index (χ2v) is 7.37. The quantitative estimate of drug-likeness (QED) is 0.621. The lowest BCUT2D eigenvalue weighted by Crippen LogP contribution is -2.49. The number of rotatable bonds is 6. The number of carbonyl (C=O) groups excluding carboxylic acids is 1. The van der Waals surface area contributed by atoms with Gasteiger partial charge in [0.1, 0.15) is 6.10 Å². The summed E-state index contributed by atoms with van der Waals surface area (Å²) in [4.78, 5) is 14.1. The van der Waals surface area contributed by atoms with Crippen molar-refractivity contribution in [2.45, 2.75) is 63.9 Å². The zero-order valence-electron chi connectivity index (χ0n) is 16.0. The number of benzene rings is 2. The Balaban J connectivity index is 1.88. The van der Waals surface area contributed by atoms with Gasteiger partial charge in [-0.15, -0.1) is 0 Å². The van der Waals surface area contributed by atoms with E-state index in [0.29, 0.717) is 6.42 Å². The fourth-order valence-electron chi connectivity index (χ4n) is 3.96. The van der Waals surface area contributed by atoms with Gasteiger partial charge in [0.2, 0.25) is 0 Å². The molecule has 4 heteroatoms. The van der Waals surface area contributed by atoms with Gasteiger partial charge in [0.15, 0.2) is 0 Å². The van der Waals surface area contributed by atoms with Gasteiger partial charge in [0.25, 0.3) is 0 Å². The number of hydrogen-bond acceptors (Lipinski definition) is 4. The van der Waals surface area contributed by atoms with Crippen molar-refractivity contribution in [3.63, 3.8) is 0 Å². The Bertz CT molecular complexity index is 663. The molecule has 4 nitrogen and oxygen atoms in total. The van der Waals surface area contributed by atoms with Gasteiger partial charge in [0, 0.05) is 26.1 Å². The van der Waals surface area contributed by atoms with Crippen LogP contribution in [0.4, 0.5) is 0 Å². The van der Waals surface area contributed by atoms with Crippen LogP contribution >= 0.6 is 0 Å². The number of esters is 1. The maximum atomic E-state index is 11.7. The number of aliphatic hydroxyl groups is 1. The summed E-state index contributed by atoms with van der Waals surface area (Å²) in [6.07, 6.45) is 2.47. The summed E-state index contributed by atoms with van der Waals surface area (Å²) in [5.74, 6) is -0.328. The van der Waals surface area contributed by atoms with Gasteiger partial charge in [-0.3, -0.25) is 9.69 Å². The first-order valence-electron chi connectivity index (χ1n) is 9.80. The van der Waals surface area contributed by atoms with Crippen molar-refractivity contribution < 1.29 is 14.6 Å². The molecule has 0 bridgehead atoms. The largest absolute Gasteiger partial charge is 0.458 e. The van der Waals surface area contributed by atoms with Gasteiger partial charge in [-0.05, 0) is 24.0 Å². The third-order valence-corrected chi connectivity index (χ3v) is 5.24. The van der Waals surface area contributed by atoms with E-state index in [1.807, 2.05) is 36.4 Å². The van der Waals surface area contributed by atoms with Crippen LogP contribution in [0, 0.1) is 0 Å². The molecule has 1 aliphatic carbocycles. The molecule has 0 heterocycles. The van der Waals surface area contributed by atoms with E-state index in [9.17, 15) is 9.90 Å². The lowest BCUT2D eigenvalue weighted by molar-refractivity contribution is -0.158. The average molecular weight is 367 g/mol. The van der Waals surface area contributed by atoms with Gasteiger partial charge in [-0.1, -0.05) is 73.5 Å². The van der Waals surface area contributed by atoms with E-state index in [1.165, 1.54) is 18.1 Å². The molecular weight excluding hydrogens is 338 g/mol. The lowest BCUT2D eigenvalue weighted by atomic mass is 10.00. The second-order valence-electron chi connectivity index (χ2n) is 7.37. The smallest absolute Gasteiger partial charge is 0.303 e. The van der Waals surface area contributed by atoms with E-state index in [4.69, 9.17) is 4.74 Å². The van der Waals surface area contributed by atoms with Gasteiger partial charge < -0.3 is 9.84 Å². The number of aliphatic hydroxyl groups excluding tert-OH is 1. The molecule has 0 spiro atoms. The van der Waals surface area contributed by atoms with Crippen molar-refractivity contribution in [2.24, 2.45) is 0 Å². The van der Waals surface area contributed by atoms with Gasteiger partial charge in [-0.2, -0.15) is 0 Å². The summed E-state index contributed by atoms with van der Waals surface area (Å²) in [5, 5.41) is 10.6. The van der Waals surface area contributed by atoms with E-state index in [-0.39, 0.29) is 12.0 Å². The third-order valence-electron chi connectivity index (χ3n) is 5.24. The predicted octanol–water partition coefficient (Wildman–Crippen LogP) is 3.92. The predicted molar refractivity (Wildman–Crippen MR) is 106 cm³/mol. The molecule has 0 radical (unpaired) electrons. The Morgan fingerprint density at radius 1 is 0.963 bits per heavy atom. The number of carbonyl (C=O) groups is 1. The summed E-state index contributed by atoms with van der Waals surface area (Å²) in [5.41, 5.74) is 2.43. The number of hydrogen-bond donors (Lipinski definition) is 1. The van der Waals surface area contributed by atoms with Crippen LogP contribution in [0.1, 0.15) is 43.7 Å². The van der Waals surface area contributed by atoms with E-state index >= 15 is 0 Å². The van der Waals surface area contributed by atoms with Crippen molar-refractivity contribution in [3.05, 3.63) is 71.8 Å². The van der Waals surface area contributed by atoms with Crippen LogP contribution in [0.15, 0.2) is 60.7 Å². The SMILES string of the molecule is CC(=O)O[C@@H]1[C@H](O)CCCC[C@H]1N(Cc1ccccc1)Cc1ccccc1. The van der Waals surface area contributed by atoms with Crippen LogP contribution in [0.2, 0.25) is 0 Å². The van der Waals surface area contributed by atoms with Crippen molar-refractivity contribution in [2.75, 3.05) is 0 Å². The molecule has 0 saturated heterocycles. The maximum absolute atomic E-state index is 11.7. The van der Waals surface area contributed by atoms with Gasteiger partial charge >= 0.3 is 5.97 Å². The molecule has 144 valence electrons. The van der Waals surface area contributed by atoms with E-state index in [1.54, 1.807) is 0 Å². The maximum Gasteiger partial charge on any atom is 0.303 e. The van der Waals surface area contributed by atoms with Crippen LogP contribution in [0.3, 0.4) is 0 Å². The van der Waals surface area contributed by atoms with Crippen molar-refractivity contribution in [1.29, 1.82) is 0 Å². The average Bonchev–Trinajstić information content (AvgIpc) is 2.84. The Labute approximate surface area is 161 Å². The highest BCUT2D eigenvalue weighted by atomic mass is 16.6. The topological polar surface area (TPSA) is 49.8 Å². The highest BCUT2D eigenvalue weighted by Gasteiger charge is 2.36. The zero-order chi connectivity index (χ0) is 19.1. The fourth-order valence-corrected chi connectivity index (χ4v) is 3.96. The molecule has 1 aliphatic rings. The third kappa shape index (κ3) is 5.65. The first-order chi connectivity index (χ1) is 13.1. The molecular formula is C23H29NO3. The summed E-state index contributed by atoms with van der Waals surface area (Å²) in [6, 6.07) is 20.7. The number of nitrogens with zero attached hydrogens (tertiary/aromatic N) is 1. The highest BCUT2D eigenvalue weighted by molar-refractivity contribution is 5.66. The Morgan fingerprint density at radius 3 is 2.00 bits per heavy atom. The van der Waals surface area contributed by atoms with Crippen LogP contribution in [-0.4, -0.2) is 34.2 Å². The van der Waals surface area contributed by atoms with Crippen molar-refractivity contribution in [3.8, 4) is 0 Å². The molecule has 2 aromatic rings. The molecule has 0 aromatic heterocycles. The minimum Gasteiger partial charge on any atom is -0.458 e. The molecule has 2 aromatic carbocycles. The van der Waals surface area contributed by atoms with E-state index in [2.05, 4.69) is 29.2 Å². The molecule has 1 N–H and O–H groups in total. The summed E-state index contributed by atoms with van der Waals surface area (Å²) in [6.45, 7) is 2.93. The summed E-state index contributed by atoms with van der Waals surface area (Å²) in [7, 11) is 0. The Hall–Kier alpha value is -2.17. The van der Waals surface area contributed by atoms with Gasteiger partial charge in [0.05, 0.1) is 6.10 Å². The minimum absolute atomic E-state index is 0.00758. The second kappa shape index (κ2) is 9.67. The first-order valence-corrected chi connectivity index (χ1v) is 9.80. The van der Waals surface area contributed by atoms with Crippen LogP contribution in [0.5, 0.6) is 0 Å². The summed E-state index contributed by atoms with van der Waals surface area (Å²) >= 11 is 0. The van der Waals surface area contributed by atoms with Crippen molar-refractivity contribution >= 4 is 5.97 Å².